The van der Waals surface area contributed by atoms with Crippen LogP contribution < -0.4 is 0 Å². The van der Waals surface area contributed by atoms with Crippen molar-refractivity contribution in [2.75, 3.05) is 26.2 Å². The minimum atomic E-state index is -3.52. The fourth-order valence-electron chi connectivity index (χ4n) is 2.40. The van der Waals surface area contributed by atoms with E-state index >= 15 is 0 Å². The Hall–Kier alpha value is -1.49. The Morgan fingerprint density at radius 2 is 2.20 bits per heavy atom. The van der Waals surface area contributed by atoms with Gasteiger partial charge in [-0.05, 0) is 25.6 Å². The minimum Gasteiger partial charge on any atom is -0.298 e. The van der Waals surface area contributed by atoms with Crippen molar-refractivity contribution in [3.63, 3.8) is 0 Å². The molecule has 20 heavy (non-hydrogen) atoms. The van der Waals surface area contributed by atoms with Crippen LogP contribution in [0.3, 0.4) is 0 Å². The molecule has 7 heteroatoms. The highest BCUT2D eigenvalue weighted by molar-refractivity contribution is 7.89. The molecule has 0 saturated carbocycles. The van der Waals surface area contributed by atoms with Crippen molar-refractivity contribution in [1.82, 2.24) is 14.2 Å². The molecule has 6 nitrogen and oxygen atoms in total. The molecule has 0 radical (unpaired) electrons. The summed E-state index contributed by atoms with van der Waals surface area (Å²) >= 11 is 0. The number of likely N-dealkylation sites (N-methyl/N-ethyl adjacent to an activating group) is 1. The fourth-order valence-corrected chi connectivity index (χ4v) is 3.86. The maximum atomic E-state index is 12.5. The Morgan fingerprint density at radius 3 is 2.70 bits per heavy atom. The third-order valence-corrected chi connectivity index (χ3v) is 5.47. The van der Waals surface area contributed by atoms with Gasteiger partial charge in [0.2, 0.25) is 10.0 Å². The molecule has 1 fully saturated rings. The maximum Gasteiger partial charge on any atom is 0.244 e. The van der Waals surface area contributed by atoms with Crippen molar-refractivity contribution in [2.24, 2.45) is 0 Å². The van der Waals surface area contributed by atoms with E-state index < -0.39 is 10.0 Å². The molecule has 108 valence electrons. The van der Waals surface area contributed by atoms with Crippen LogP contribution in [0.15, 0.2) is 23.2 Å². The maximum absolute atomic E-state index is 12.5. The van der Waals surface area contributed by atoms with Gasteiger partial charge < -0.3 is 0 Å². The lowest BCUT2D eigenvalue weighted by molar-refractivity contribution is 0.135. The summed E-state index contributed by atoms with van der Waals surface area (Å²) in [6, 6.07) is 4.95. The van der Waals surface area contributed by atoms with Gasteiger partial charge in [0.1, 0.15) is 16.7 Å². The predicted octanol–water partition coefficient (Wildman–Crippen LogP) is 0.668. The van der Waals surface area contributed by atoms with Crippen molar-refractivity contribution in [1.29, 1.82) is 5.26 Å². The Balaban J connectivity index is 2.20. The summed E-state index contributed by atoms with van der Waals surface area (Å²) in [6.45, 7) is 6.73. The predicted molar refractivity (Wildman–Crippen MR) is 74.4 cm³/mol. The third-order valence-electron chi connectivity index (χ3n) is 3.62. The van der Waals surface area contributed by atoms with Gasteiger partial charge in [0.05, 0.1) is 0 Å². The van der Waals surface area contributed by atoms with Gasteiger partial charge >= 0.3 is 0 Å². The molecule has 1 atom stereocenters. The molecule has 0 spiro atoms. The molecule has 0 aromatic carbocycles. The Kier molecular flexibility index (Phi) is 4.38. The molecule has 1 aromatic rings. The van der Waals surface area contributed by atoms with Gasteiger partial charge in [-0.2, -0.15) is 9.57 Å². The highest BCUT2D eigenvalue weighted by Crippen LogP contribution is 2.19. The normalized spacial score (nSPS) is 21.6. The van der Waals surface area contributed by atoms with Crippen LogP contribution >= 0.6 is 0 Å². The lowest BCUT2D eigenvalue weighted by atomic mass is 10.2. The largest absolute Gasteiger partial charge is 0.298 e. The van der Waals surface area contributed by atoms with Crippen LogP contribution in [0.25, 0.3) is 0 Å². The zero-order valence-corrected chi connectivity index (χ0v) is 12.5. The van der Waals surface area contributed by atoms with E-state index in [1.54, 1.807) is 0 Å². The lowest BCUT2D eigenvalue weighted by Crippen LogP contribution is -2.53. The summed E-state index contributed by atoms with van der Waals surface area (Å²) in [5.41, 5.74) is 0.216. The van der Waals surface area contributed by atoms with Gasteiger partial charge in [0, 0.05) is 31.9 Å². The number of nitrogens with zero attached hydrogens (tertiary/aromatic N) is 4. The first-order valence-corrected chi connectivity index (χ1v) is 8.03. The van der Waals surface area contributed by atoms with E-state index in [9.17, 15) is 8.42 Å². The van der Waals surface area contributed by atoms with Crippen LogP contribution in [-0.4, -0.2) is 54.8 Å². The van der Waals surface area contributed by atoms with Crippen LogP contribution in [0, 0.1) is 11.3 Å². The molecule has 1 aliphatic heterocycles. The molecule has 1 unspecified atom stereocenters. The number of sulfonamides is 1. The van der Waals surface area contributed by atoms with Crippen LogP contribution in [-0.2, 0) is 10.0 Å². The second kappa shape index (κ2) is 5.87. The molecule has 1 saturated heterocycles. The van der Waals surface area contributed by atoms with Crippen molar-refractivity contribution in [3.8, 4) is 6.07 Å². The van der Waals surface area contributed by atoms with Crippen LogP contribution in [0.5, 0.6) is 0 Å². The molecule has 0 bridgehead atoms. The van der Waals surface area contributed by atoms with Crippen molar-refractivity contribution in [3.05, 3.63) is 24.0 Å². The van der Waals surface area contributed by atoms with Crippen LogP contribution in [0.2, 0.25) is 0 Å². The first-order valence-electron chi connectivity index (χ1n) is 6.59. The van der Waals surface area contributed by atoms with E-state index in [1.807, 2.05) is 13.0 Å². The highest BCUT2D eigenvalue weighted by atomic mass is 32.2. The summed E-state index contributed by atoms with van der Waals surface area (Å²) in [7, 11) is -3.52. The van der Waals surface area contributed by atoms with E-state index in [1.165, 1.54) is 22.6 Å². The van der Waals surface area contributed by atoms with Crippen molar-refractivity contribution in [2.45, 2.75) is 24.8 Å². The molecule has 1 aromatic heterocycles. The number of rotatable bonds is 3. The lowest BCUT2D eigenvalue weighted by Gasteiger charge is -2.38. The van der Waals surface area contributed by atoms with E-state index in [0.717, 1.165) is 13.1 Å². The Morgan fingerprint density at radius 1 is 1.45 bits per heavy atom. The summed E-state index contributed by atoms with van der Waals surface area (Å²) in [6.07, 6.45) is 1.25. The zero-order valence-electron chi connectivity index (χ0n) is 11.7. The van der Waals surface area contributed by atoms with Gasteiger partial charge in [-0.3, -0.25) is 4.90 Å². The summed E-state index contributed by atoms with van der Waals surface area (Å²) in [5, 5.41) is 8.69. The fraction of sp³-hybridized carbons (Fsp3) is 0.538. The van der Waals surface area contributed by atoms with E-state index in [-0.39, 0.29) is 16.6 Å². The number of aromatic nitrogens is 1. The molecule has 0 N–H and O–H groups in total. The first kappa shape index (κ1) is 14.9. The molecule has 0 aliphatic carbocycles. The standard InChI is InChI=1S/C13H18N4O2S/c1-3-16-6-7-17(10-11(16)2)20(18,19)13-5-4-12(8-14)15-9-13/h4-5,9,11H,3,6-7,10H2,1-2H3. The second-order valence-electron chi connectivity index (χ2n) is 4.83. The number of hydrogen-bond donors (Lipinski definition) is 0. The quantitative estimate of drug-likeness (QED) is 0.819. The zero-order chi connectivity index (χ0) is 14.8. The van der Waals surface area contributed by atoms with Gasteiger partial charge in [-0.1, -0.05) is 6.92 Å². The number of hydrogen-bond acceptors (Lipinski definition) is 5. The molecular weight excluding hydrogens is 276 g/mol. The molecule has 1 aliphatic rings. The molecule has 2 rings (SSSR count). The molecule has 2 heterocycles. The van der Waals surface area contributed by atoms with E-state index in [0.29, 0.717) is 13.1 Å². The van der Waals surface area contributed by atoms with Crippen LogP contribution in [0.4, 0.5) is 0 Å². The summed E-state index contributed by atoms with van der Waals surface area (Å²) < 4.78 is 26.5. The van der Waals surface area contributed by atoms with Crippen molar-refractivity contribution >= 4 is 10.0 Å². The van der Waals surface area contributed by atoms with Gasteiger partial charge in [-0.15, -0.1) is 0 Å². The van der Waals surface area contributed by atoms with E-state index in [4.69, 9.17) is 5.26 Å². The summed E-state index contributed by atoms with van der Waals surface area (Å²) in [4.78, 5) is 6.23. The summed E-state index contributed by atoms with van der Waals surface area (Å²) in [5.74, 6) is 0. The third kappa shape index (κ3) is 2.82. The minimum absolute atomic E-state index is 0.147. The van der Waals surface area contributed by atoms with Gasteiger partial charge in [-0.25, -0.2) is 13.4 Å². The SMILES string of the molecule is CCN1CCN(S(=O)(=O)c2ccc(C#N)nc2)CC1C. The van der Waals surface area contributed by atoms with Gasteiger partial charge in [0.15, 0.2) is 0 Å². The van der Waals surface area contributed by atoms with E-state index in [2.05, 4.69) is 16.8 Å². The number of piperazine rings is 1. The first-order chi connectivity index (χ1) is 9.48. The topological polar surface area (TPSA) is 77.3 Å². The number of nitriles is 1. The number of pyridine rings is 1. The average Bonchev–Trinajstić information content (AvgIpc) is 2.47. The highest BCUT2D eigenvalue weighted by Gasteiger charge is 2.31. The monoisotopic (exact) mass is 294 g/mol. The van der Waals surface area contributed by atoms with Crippen molar-refractivity contribution < 1.29 is 8.42 Å². The second-order valence-corrected chi connectivity index (χ2v) is 6.77. The van der Waals surface area contributed by atoms with Crippen LogP contribution in [0.1, 0.15) is 19.5 Å². The smallest absolute Gasteiger partial charge is 0.244 e. The average molecular weight is 294 g/mol. The molecular formula is C13H18N4O2S. The Labute approximate surface area is 119 Å². The molecule has 0 amide bonds. The van der Waals surface area contributed by atoms with Gasteiger partial charge in [0.25, 0.3) is 0 Å². The Bertz CT molecular complexity index is 606.